The number of nitrogens with one attached hydrogen (secondary N) is 1. The van der Waals surface area contributed by atoms with Crippen molar-refractivity contribution >= 4 is 16.9 Å². The van der Waals surface area contributed by atoms with Gasteiger partial charge < -0.3 is 14.4 Å². The number of fused-ring (bicyclic) bond motifs is 1. The zero-order valence-corrected chi connectivity index (χ0v) is 16.9. The van der Waals surface area contributed by atoms with Crippen molar-refractivity contribution in [2.75, 3.05) is 0 Å². The highest BCUT2D eigenvalue weighted by molar-refractivity contribution is 5.77. The molecule has 2 heterocycles. The zero-order chi connectivity index (χ0) is 21.1. The maximum atomic E-state index is 13.7. The van der Waals surface area contributed by atoms with Crippen molar-refractivity contribution in [1.82, 2.24) is 25.0 Å². The zero-order valence-electron chi connectivity index (χ0n) is 16.9. The maximum Gasteiger partial charge on any atom is 0.227 e. The SMILES string of the molecule is CCn1c(CNC(=O)CCc2nc(-c3ccc(C)c(F)c3)no2)nc2ccccc21. The fourth-order valence-electron chi connectivity index (χ4n) is 3.31. The van der Waals surface area contributed by atoms with Crippen LogP contribution in [-0.4, -0.2) is 25.6 Å². The van der Waals surface area contributed by atoms with E-state index in [-0.39, 0.29) is 18.1 Å². The highest BCUT2D eigenvalue weighted by Crippen LogP contribution is 2.19. The van der Waals surface area contributed by atoms with Crippen LogP contribution in [0.4, 0.5) is 4.39 Å². The molecule has 2 aromatic carbocycles. The number of nitrogens with zero attached hydrogens (tertiary/aromatic N) is 4. The van der Waals surface area contributed by atoms with E-state index in [0.717, 1.165) is 23.4 Å². The molecule has 0 unspecified atom stereocenters. The number of amides is 1. The Morgan fingerprint density at radius 1 is 1.20 bits per heavy atom. The average Bonchev–Trinajstić information content (AvgIpc) is 3.37. The Bertz CT molecular complexity index is 1200. The van der Waals surface area contributed by atoms with Crippen LogP contribution in [0, 0.1) is 12.7 Å². The van der Waals surface area contributed by atoms with Crippen molar-refractivity contribution in [3.63, 3.8) is 0 Å². The van der Waals surface area contributed by atoms with Gasteiger partial charge in [0, 0.05) is 24.9 Å². The van der Waals surface area contributed by atoms with Crippen LogP contribution in [0.25, 0.3) is 22.4 Å². The van der Waals surface area contributed by atoms with Gasteiger partial charge in [0.05, 0.1) is 17.6 Å². The van der Waals surface area contributed by atoms with Gasteiger partial charge in [-0.2, -0.15) is 4.98 Å². The van der Waals surface area contributed by atoms with E-state index in [4.69, 9.17) is 4.52 Å². The molecule has 0 spiro atoms. The van der Waals surface area contributed by atoms with Crippen LogP contribution in [0.2, 0.25) is 0 Å². The second kappa shape index (κ2) is 8.44. The fourth-order valence-corrected chi connectivity index (χ4v) is 3.31. The molecule has 0 saturated carbocycles. The first-order valence-electron chi connectivity index (χ1n) is 9.85. The third-order valence-electron chi connectivity index (χ3n) is 4.96. The van der Waals surface area contributed by atoms with Crippen molar-refractivity contribution in [2.45, 2.75) is 39.8 Å². The third kappa shape index (κ3) is 4.07. The Labute approximate surface area is 172 Å². The summed E-state index contributed by atoms with van der Waals surface area (Å²) in [4.78, 5) is 21.1. The van der Waals surface area contributed by atoms with Crippen molar-refractivity contribution in [1.29, 1.82) is 0 Å². The first kappa shape index (κ1) is 19.8. The van der Waals surface area contributed by atoms with Gasteiger partial charge in [0.15, 0.2) is 0 Å². The standard InChI is InChI=1S/C22H22FN5O2/c1-3-28-18-7-5-4-6-17(18)25-19(28)13-24-20(29)10-11-21-26-22(27-30-21)15-9-8-14(2)16(23)12-15/h4-9,12H,3,10-11,13H2,1-2H3,(H,24,29). The first-order valence-corrected chi connectivity index (χ1v) is 9.85. The van der Waals surface area contributed by atoms with Crippen LogP contribution in [0.3, 0.4) is 0 Å². The Morgan fingerprint density at radius 3 is 2.83 bits per heavy atom. The van der Waals surface area contributed by atoms with E-state index in [1.807, 2.05) is 31.2 Å². The van der Waals surface area contributed by atoms with Crippen LogP contribution in [0.15, 0.2) is 47.0 Å². The van der Waals surface area contributed by atoms with Gasteiger partial charge in [-0.3, -0.25) is 4.79 Å². The predicted octanol–water partition coefficient (Wildman–Crippen LogP) is 3.80. The van der Waals surface area contributed by atoms with E-state index in [0.29, 0.717) is 35.8 Å². The number of carbonyl (C=O) groups excluding carboxylic acids is 1. The normalized spacial score (nSPS) is 11.2. The molecular formula is C22H22FN5O2. The lowest BCUT2D eigenvalue weighted by atomic mass is 10.1. The molecule has 4 rings (SSSR count). The molecule has 0 saturated heterocycles. The minimum absolute atomic E-state index is 0.133. The van der Waals surface area contributed by atoms with Crippen molar-refractivity contribution < 1.29 is 13.7 Å². The van der Waals surface area contributed by atoms with Crippen molar-refractivity contribution in [2.24, 2.45) is 0 Å². The largest absolute Gasteiger partial charge is 0.349 e. The van der Waals surface area contributed by atoms with Gasteiger partial charge >= 0.3 is 0 Å². The summed E-state index contributed by atoms with van der Waals surface area (Å²) in [5.74, 6) is 0.999. The molecule has 0 aliphatic rings. The van der Waals surface area contributed by atoms with Crippen LogP contribution >= 0.6 is 0 Å². The second-order valence-corrected chi connectivity index (χ2v) is 7.01. The Balaban J connectivity index is 1.34. The molecule has 0 atom stereocenters. The highest BCUT2D eigenvalue weighted by atomic mass is 19.1. The van der Waals surface area contributed by atoms with Crippen LogP contribution < -0.4 is 5.32 Å². The van der Waals surface area contributed by atoms with E-state index < -0.39 is 0 Å². The molecule has 154 valence electrons. The lowest BCUT2D eigenvalue weighted by Crippen LogP contribution is -2.25. The maximum absolute atomic E-state index is 13.7. The number of halogens is 1. The summed E-state index contributed by atoms with van der Waals surface area (Å²) in [7, 11) is 0. The molecular weight excluding hydrogens is 385 g/mol. The summed E-state index contributed by atoms with van der Waals surface area (Å²) in [6, 6.07) is 12.7. The summed E-state index contributed by atoms with van der Waals surface area (Å²) in [6.07, 6.45) is 0.508. The molecule has 30 heavy (non-hydrogen) atoms. The molecule has 0 fully saturated rings. The number of benzene rings is 2. The molecule has 2 aromatic heterocycles. The number of imidazole rings is 1. The van der Waals surface area contributed by atoms with Gasteiger partial charge in [-0.05, 0) is 37.6 Å². The predicted molar refractivity (Wildman–Crippen MR) is 110 cm³/mol. The number of hydrogen-bond donors (Lipinski definition) is 1. The quantitative estimate of drug-likeness (QED) is 0.504. The number of aromatic nitrogens is 4. The van der Waals surface area contributed by atoms with Crippen LogP contribution in [0.5, 0.6) is 0 Å². The molecule has 1 amide bonds. The Morgan fingerprint density at radius 2 is 2.03 bits per heavy atom. The van der Waals surface area contributed by atoms with Gasteiger partial charge in [0.1, 0.15) is 11.6 Å². The van der Waals surface area contributed by atoms with E-state index in [9.17, 15) is 9.18 Å². The fraction of sp³-hybridized carbons (Fsp3) is 0.273. The lowest BCUT2D eigenvalue weighted by molar-refractivity contribution is -0.121. The molecule has 0 radical (unpaired) electrons. The number of aryl methyl sites for hydroxylation is 3. The minimum Gasteiger partial charge on any atom is -0.349 e. The number of hydrogen-bond acceptors (Lipinski definition) is 5. The monoisotopic (exact) mass is 407 g/mol. The first-order chi connectivity index (χ1) is 14.5. The Hall–Kier alpha value is -3.55. The molecule has 1 N–H and O–H groups in total. The molecule has 0 aliphatic carbocycles. The number of para-hydroxylation sites is 2. The van der Waals surface area contributed by atoms with E-state index in [2.05, 4.69) is 25.0 Å². The third-order valence-corrected chi connectivity index (χ3v) is 4.96. The molecule has 7 nitrogen and oxygen atoms in total. The lowest BCUT2D eigenvalue weighted by Gasteiger charge is -2.07. The summed E-state index contributed by atoms with van der Waals surface area (Å²) in [5, 5.41) is 6.77. The topological polar surface area (TPSA) is 85.8 Å². The minimum atomic E-state index is -0.323. The Kier molecular flexibility index (Phi) is 5.56. The van der Waals surface area contributed by atoms with Gasteiger partial charge in [-0.25, -0.2) is 9.37 Å². The second-order valence-electron chi connectivity index (χ2n) is 7.01. The van der Waals surface area contributed by atoms with Gasteiger partial charge in [-0.15, -0.1) is 0 Å². The van der Waals surface area contributed by atoms with E-state index in [1.165, 1.54) is 6.07 Å². The molecule has 4 aromatic rings. The molecule has 8 heteroatoms. The van der Waals surface area contributed by atoms with E-state index in [1.54, 1.807) is 19.1 Å². The number of rotatable bonds is 7. The number of carbonyl (C=O) groups is 1. The van der Waals surface area contributed by atoms with Crippen molar-refractivity contribution in [3.05, 3.63) is 65.6 Å². The molecule has 0 bridgehead atoms. The summed E-state index contributed by atoms with van der Waals surface area (Å²) >= 11 is 0. The van der Waals surface area contributed by atoms with E-state index >= 15 is 0 Å². The van der Waals surface area contributed by atoms with Crippen molar-refractivity contribution in [3.8, 4) is 11.4 Å². The van der Waals surface area contributed by atoms with Gasteiger partial charge in [-0.1, -0.05) is 29.4 Å². The average molecular weight is 407 g/mol. The van der Waals surface area contributed by atoms with Crippen LogP contribution in [-0.2, 0) is 24.3 Å². The van der Waals surface area contributed by atoms with Crippen LogP contribution in [0.1, 0.15) is 30.6 Å². The summed E-state index contributed by atoms with van der Waals surface area (Å²) < 4.78 is 21.0. The smallest absolute Gasteiger partial charge is 0.227 e. The summed E-state index contributed by atoms with van der Waals surface area (Å²) in [5.41, 5.74) is 3.05. The highest BCUT2D eigenvalue weighted by Gasteiger charge is 2.13. The molecule has 0 aliphatic heterocycles. The summed E-state index contributed by atoms with van der Waals surface area (Å²) in [6.45, 7) is 4.86. The van der Waals surface area contributed by atoms with Gasteiger partial charge in [0.2, 0.25) is 17.6 Å². The van der Waals surface area contributed by atoms with Gasteiger partial charge in [0.25, 0.3) is 0 Å².